The Hall–Kier alpha value is -0.560. The minimum Gasteiger partial charge on any atom is -0.324 e. The quantitative estimate of drug-likeness (QED) is 0.907. The summed E-state index contributed by atoms with van der Waals surface area (Å²) in [5.74, 6) is 0.919. The van der Waals surface area contributed by atoms with Gasteiger partial charge in [-0.25, -0.2) is 0 Å². The van der Waals surface area contributed by atoms with Gasteiger partial charge in [0, 0.05) is 44.1 Å². The number of hydrogen-bond acceptors (Lipinski definition) is 5. The van der Waals surface area contributed by atoms with Crippen molar-refractivity contribution in [1.29, 1.82) is 0 Å². The van der Waals surface area contributed by atoms with Crippen molar-refractivity contribution in [2.75, 3.05) is 45.0 Å². The molecule has 0 bridgehead atoms. The van der Waals surface area contributed by atoms with Crippen LogP contribution in [0.2, 0.25) is 0 Å². The van der Waals surface area contributed by atoms with Crippen LogP contribution in [-0.2, 0) is 4.79 Å². The van der Waals surface area contributed by atoms with Gasteiger partial charge < -0.3 is 10.2 Å². The van der Waals surface area contributed by atoms with Crippen molar-refractivity contribution in [3.63, 3.8) is 0 Å². The number of nitrogens with one attached hydrogen (secondary N) is 1. The first-order valence-electron chi connectivity index (χ1n) is 6.72. The standard InChI is InChI=1S/C13H19N3OS2/c17-12-10-19-13(11-2-1-9-18-11)16(12)8-7-15-5-3-14-4-6-15/h1-2,9,13-14H,3-8,10H2/t13-/m0/s1. The van der Waals surface area contributed by atoms with Crippen molar-refractivity contribution in [2.45, 2.75) is 5.37 Å². The van der Waals surface area contributed by atoms with Crippen molar-refractivity contribution in [1.82, 2.24) is 15.1 Å². The third-order valence-electron chi connectivity index (χ3n) is 3.62. The number of carbonyl (C=O) groups excluding carboxylic acids is 1. The monoisotopic (exact) mass is 297 g/mol. The van der Waals surface area contributed by atoms with Crippen molar-refractivity contribution < 1.29 is 4.79 Å². The minimum absolute atomic E-state index is 0.246. The van der Waals surface area contributed by atoms with Crippen LogP contribution in [0, 0.1) is 0 Å². The van der Waals surface area contributed by atoms with Gasteiger partial charge in [-0.15, -0.1) is 23.1 Å². The molecule has 6 heteroatoms. The molecule has 3 heterocycles. The first-order chi connectivity index (χ1) is 9.34. The van der Waals surface area contributed by atoms with E-state index in [1.54, 1.807) is 23.1 Å². The number of hydrogen-bond donors (Lipinski definition) is 1. The third-order valence-corrected chi connectivity index (χ3v) is 5.93. The Kier molecular flexibility index (Phi) is 4.42. The second-order valence-electron chi connectivity index (χ2n) is 4.86. The average molecular weight is 297 g/mol. The molecule has 2 aliphatic heterocycles. The van der Waals surface area contributed by atoms with Crippen molar-refractivity contribution in [3.05, 3.63) is 22.4 Å². The average Bonchev–Trinajstić information content (AvgIpc) is 3.07. The third kappa shape index (κ3) is 3.13. The number of thioether (sulfide) groups is 1. The largest absolute Gasteiger partial charge is 0.324 e. The molecule has 1 aromatic heterocycles. The Bertz CT molecular complexity index is 418. The van der Waals surface area contributed by atoms with Crippen LogP contribution in [0.3, 0.4) is 0 Å². The van der Waals surface area contributed by atoms with E-state index in [1.165, 1.54) is 4.88 Å². The highest BCUT2D eigenvalue weighted by atomic mass is 32.2. The van der Waals surface area contributed by atoms with E-state index < -0.39 is 0 Å². The summed E-state index contributed by atoms with van der Waals surface area (Å²) in [7, 11) is 0. The van der Waals surface area contributed by atoms with Crippen molar-refractivity contribution >= 4 is 29.0 Å². The normalized spacial score (nSPS) is 25.2. The summed E-state index contributed by atoms with van der Waals surface area (Å²) in [6, 6.07) is 4.20. The second kappa shape index (κ2) is 6.26. The molecule has 1 N–H and O–H groups in total. The van der Waals surface area contributed by atoms with E-state index in [9.17, 15) is 4.79 Å². The van der Waals surface area contributed by atoms with Crippen LogP contribution >= 0.6 is 23.1 Å². The Balaban J connectivity index is 1.59. The molecule has 2 saturated heterocycles. The summed E-state index contributed by atoms with van der Waals surface area (Å²) < 4.78 is 0. The van der Waals surface area contributed by atoms with E-state index in [0.717, 1.165) is 39.3 Å². The molecule has 1 amide bonds. The van der Waals surface area contributed by atoms with Gasteiger partial charge in [0.1, 0.15) is 5.37 Å². The van der Waals surface area contributed by atoms with E-state index in [-0.39, 0.29) is 5.37 Å². The van der Waals surface area contributed by atoms with Crippen LogP contribution in [0.15, 0.2) is 17.5 Å². The Morgan fingerprint density at radius 2 is 2.16 bits per heavy atom. The fourth-order valence-electron chi connectivity index (χ4n) is 2.55. The minimum atomic E-state index is 0.246. The van der Waals surface area contributed by atoms with Gasteiger partial charge in [0.2, 0.25) is 5.91 Å². The zero-order valence-corrected chi connectivity index (χ0v) is 12.5. The SMILES string of the molecule is O=C1CS[C@@H](c2cccs2)N1CCN1CCNCC1. The molecule has 0 saturated carbocycles. The van der Waals surface area contributed by atoms with Gasteiger partial charge in [0.15, 0.2) is 0 Å². The fourth-order valence-corrected chi connectivity index (χ4v) is 4.75. The molecule has 0 aliphatic carbocycles. The zero-order chi connectivity index (χ0) is 13.1. The summed E-state index contributed by atoms with van der Waals surface area (Å²) in [5, 5.41) is 5.69. The molecule has 0 unspecified atom stereocenters. The van der Waals surface area contributed by atoms with Gasteiger partial charge in [-0.1, -0.05) is 6.07 Å². The Morgan fingerprint density at radius 1 is 1.32 bits per heavy atom. The van der Waals surface area contributed by atoms with Gasteiger partial charge in [-0.3, -0.25) is 9.69 Å². The summed E-state index contributed by atoms with van der Waals surface area (Å²) in [6.45, 7) is 6.18. The first kappa shape index (κ1) is 13.4. The highest BCUT2D eigenvalue weighted by molar-refractivity contribution is 8.00. The molecule has 19 heavy (non-hydrogen) atoms. The topological polar surface area (TPSA) is 35.6 Å². The van der Waals surface area contributed by atoms with Crippen molar-refractivity contribution in [3.8, 4) is 0 Å². The van der Waals surface area contributed by atoms with Crippen molar-refractivity contribution in [2.24, 2.45) is 0 Å². The molecule has 0 aromatic carbocycles. The van der Waals surface area contributed by atoms with E-state index in [2.05, 4.69) is 32.6 Å². The maximum absolute atomic E-state index is 12.0. The predicted octanol–water partition coefficient (Wildman–Crippen LogP) is 1.23. The lowest BCUT2D eigenvalue weighted by molar-refractivity contribution is -0.128. The lowest BCUT2D eigenvalue weighted by Gasteiger charge is -2.30. The smallest absolute Gasteiger partial charge is 0.233 e. The molecule has 4 nitrogen and oxygen atoms in total. The lowest BCUT2D eigenvalue weighted by atomic mass is 10.3. The molecule has 2 fully saturated rings. The van der Waals surface area contributed by atoms with E-state index >= 15 is 0 Å². The van der Waals surface area contributed by atoms with Gasteiger partial charge in [-0.2, -0.15) is 0 Å². The molecule has 3 rings (SSSR count). The second-order valence-corrected chi connectivity index (χ2v) is 6.91. The molecular weight excluding hydrogens is 278 g/mol. The number of piperazine rings is 1. The summed E-state index contributed by atoms with van der Waals surface area (Å²) in [5.41, 5.74) is 0. The van der Waals surface area contributed by atoms with Gasteiger partial charge in [-0.05, 0) is 11.4 Å². The van der Waals surface area contributed by atoms with Crippen LogP contribution in [-0.4, -0.2) is 60.7 Å². The maximum Gasteiger partial charge on any atom is 0.233 e. The lowest BCUT2D eigenvalue weighted by Crippen LogP contribution is -2.46. The number of amides is 1. The Labute approximate surface area is 122 Å². The molecule has 104 valence electrons. The van der Waals surface area contributed by atoms with Gasteiger partial charge >= 0.3 is 0 Å². The first-order valence-corrected chi connectivity index (χ1v) is 8.65. The molecule has 1 aromatic rings. The number of rotatable bonds is 4. The van der Waals surface area contributed by atoms with Gasteiger partial charge in [0.25, 0.3) is 0 Å². The molecule has 2 aliphatic rings. The van der Waals surface area contributed by atoms with Crippen LogP contribution in [0.5, 0.6) is 0 Å². The van der Waals surface area contributed by atoms with E-state index in [1.807, 2.05) is 0 Å². The van der Waals surface area contributed by atoms with Crippen LogP contribution < -0.4 is 5.32 Å². The van der Waals surface area contributed by atoms with Crippen LogP contribution in [0.1, 0.15) is 10.3 Å². The number of carbonyl (C=O) groups is 1. The fraction of sp³-hybridized carbons (Fsp3) is 0.615. The van der Waals surface area contributed by atoms with E-state index in [0.29, 0.717) is 11.7 Å². The van der Waals surface area contributed by atoms with Gasteiger partial charge in [0.05, 0.1) is 5.75 Å². The van der Waals surface area contributed by atoms with E-state index in [4.69, 9.17) is 0 Å². The van der Waals surface area contributed by atoms with Crippen LogP contribution in [0.4, 0.5) is 0 Å². The molecule has 0 radical (unpaired) electrons. The maximum atomic E-state index is 12.0. The summed E-state index contributed by atoms with van der Waals surface area (Å²) in [6.07, 6.45) is 0. The zero-order valence-electron chi connectivity index (χ0n) is 10.9. The number of thiophene rings is 1. The highest BCUT2D eigenvalue weighted by Gasteiger charge is 2.33. The molecule has 1 atom stereocenters. The molecule has 0 spiro atoms. The summed E-state index contributed by atoms with van der Waals surface area (Å²) in [4.78, 5) is 17.8. The Morgan fingerprint density at radius 3 is 2.89 bits per heavy atom. The summed E-state index contributed by atoms with van der Waals surface area (Å²) >= 11 is 3.51. The predicted molar refractivity (Wildman–Crippen MR) is 80.5 cm³/mol. The number of nitrogens with zero attached hydrogens (tertiary/aromatic N) is 2. The highest BCUT2D eigenvalue weighted by Crippen LogP contribution is 2.40. The van der Waals surface area contributed by atoms with Crippen LogP contribution in [0.25, 0.3) is 0 Å². The molecular formula is C13H19N3OS2.